The molecule has 1 rings (SSSR count). The van der Waals surface area contributed by atoms with E-state index in [0.29, 0.717) is 0 Å². The minimum Gasteiger partial charge on any atom is -0.324 e. The van der Waals surface area contributed by atoms with Crippen LogP contribution in [0.3, 0.4) is 0 Å². The van der Waals surface area contributed by atoms with Crippen molar-refractivity contribution in [3.05, 3.63) is 0 Å². The molecular formula is C13H28N2. The van der Waals surface area contributed by atoms with E-state index in [-0.39, 0.29) is 5.54 Å². The van der Waals surface area contributed by atoms with E-state index in [2.05, 4.69) is 32.6 Å². The predicted octanol–water partition coefficient (Wildman–Crippen LogP) is 2.62. The van der Waals surface area contributed by atoms with Crippen molar-refractivity contribution in [1.82, 2.24) is 4.90 Å². The molecule has 1 aliphatic heterocycles. The van der Waals surface area contributed by atoms with Gasteiger partial charge in [0.2, 0.25) is 0 Å². The largest absolute Gasteiger partial charge is 0.324 e. The fourth-order valence-corrected chi connectivity index (χ4v) is 2.48. The van der Waals surface area contributed by atoms with Gasteiger partial charge in [-0.15, -0.1) is 0 Å². The summed E-state index contributed by atoms with van der Waals surface area (Å²) in [6.45, 7) is 11.4. The van der Waals surface area contributed by atoms with Crippen LogP contribution in [0, 0.1) is 5.92 Å². The molecule has 2 unspecified atom stereocenters. The molecule has 15 heavy (non-hydrogen) atoms. The molecule has 0 amide bonds. The molecule has 1 saturated heterocycles. The lowest BCUT2D eigenvalue weighted by Gasteiger charge is -2.42. The predicted molar refractivity (Wildman–Crippen MR) is 66.9 cm³/mol. The summed E-state index contributed by atoms with van der Waals surface area (Å²) < 4.78 is 0. The quantitative estimate of drug-likeness (QED) is 0.776. The van der Waals surface area contributed by atoms with Gasteiger partial charge in [0, 0.05) is 24.7 Å². The Hall–Kier alpha value is -0.0800. The fraction of sp³-hybridized carbons (Fsp3) is 1.00. The minimum atomic E-state index is 0.0331. The minimum absolute atomic E-state index is 0.0331. The molecule has 1 aliphatic rings. The summed E-state index contributed by atoms with van der Waals surface area (Å²) in [6, 6.07) is 0.724. The molecule has 1 heterocycles. The van der Waals surface area contributed by atoms with Crippen LogP contribution in [-0.4, -0.2) is 29.6 Å². The number of rotatable bonds is 4. The van der Waals surface area contributed by atoms with E-state index in [9.17, 15) is 0 Å². The zero-order chi connectivity index (χ0) is 11.5. The topological polar surface area (TPSA) is 29.3 Å². The van der Waals surface area contributed by atoms with Crippen molar-refractivity contribution in [1.29, 1.82) is 0 Å². The summed E-state index contributed by atoms with van der Waals surface area (Å²) in [4.78, 5) is 2.60. The Morgan fingerprint density at radius 2 is 1.80 bits per heavy atom. The highest BCUT2D eigenvalue weighted by molar-refractivity contribution is 4.88. The average Bonchev–Trinajstić information content (AvgIpc) is 2.23. The van der Waals surface area contributed by atoms with E-state index in [1.54, 1.807) is 0 Å². The summed E-state index contributed by atoms with van der Waals surface area (Å²) in [7, 11) is 0. The Morgan fingerprint density at radius 1 is 1.20 bits per heavy atom. The Bertz CT molecular complexity index is 187. The van der Waals surface area contributed by atoms with Crippen LogP contribution in [0.5, 0.6) is 0 Å². The fourth-order valence-electron chi connectivity index (χ4n) is 2.48. The average molecular weight is 212 g/mol. The molecule has 0 aliphatic carbocycles. The first kappa shape index (κ1) is 13.0. The van der Waals surface area contributed by atoms with E-state index in [1.165, 1.54) is 19.4 Å². The number of piperidine rings is 1. The van der Waals surface area contributed by atoms with Gasteiger partial charge in [-0.3, -0.25) is 4.90 Å². The molecule has 0 spiro atoms. The zero-order valence-electron chi connectivity index (χ0n) is 10.9. The molecule has 90 valence electrons. The van der Waals surface area contributed by atoms with Gasteiger partial charge in [0.1, 0.15) is 0 Å². The smallest absolute Gasteiger partial charge is 0.0278 e. The van der Waals surface area contributed by atoms with E-state index in [1.807, 2.05) is 0 Å². The molecule has 2 atom stereocenters. The summed E-state index contributed by atoms with van der Waals surface area (Å²) in [5.41, 5.74) is 6.43. The number of hydrogen-bond donors (Lipinski definition) is 1. The van der Waals surface area contributed by atoms with Crippen LogP contribution in [0.4, 0.5) is 0 Å². The van der Waals surface area contributed by atoms with Gasteiger partial charge in [0.25, 0.3) is 0 Å². The number of nitrogens with two attached hydrogens (primary N) is 1. The van der Waals surface area contributed by atoms with E-state index >= 15 is 0 Å². The van der Waals surface area contributed by atoms with Crippen molar-refractivity contribution >= 4 is 0 Å². The van der Waals surface area contributed by atoms with E-state index in [0.717, 1.165) is 31.3 Å². The highest BCUT2D eigenvalue weighted by atomic mass is 15.2. The van der Waals surface area contributed by atoms with Crippen LogP contribution in [0.25, 0.3) is 0 Å². The first-order chi connectivity index (χ1) is 7.00. The lowest BCUT2D eigenvalue weighted by Crippen LogP contribution is -2.54. The molecule has 1 fully saturated rings. The summed E-state index contributed by atoms with van der Waals surface area (Å²) in [5.74, 6) is 0.846. The molecule has 0 radical (unpaired) electrons. The standard InChI is InChI=1S/C13H28N2/c1-5-13(14,6-2)10-15-9-11(3)7-8-12(15)4/h11-12H,5-10,14H2,1-4H3. The first-order valence-corrected chi connectivity index (χ1v) is 6.53. The van der Waals surface area contributed by atoms with Gasteiger partial charge in [-0.1, -0.05) is 20.8 Å². The van der Waals surface area contributed by atoms with Gasteiger partial charge in [-0.25, -0.2) is 0 Å². The third-order valence-corrected chi connectivity index (χ3v) is 4.17. The molecule has 0 saturated carbocycles. The zero-order valence-corrected chi connectivity index (χ0v) is 10.9. The highest BCUT2D eigenvalue weighted by Gasteiger charge is 2.29. The van der Waals surface area contributed by atoms with E-state index < -0.39 is 0 Å². The molecule has 2 heteroatoms. The molecule has 0 aromatic carbocycles. The van der Waals surface area contributed by atoms with Crippen molar-refractivity contribution in [2.45, 2.75) is 65.0 Å². The van der Waals surface area contributed by atoms with Crippen molar-refractivity contribution in [2.24, 2.45) is 11.7 Å². The van der Waals surface area contributed by atoms with Gasteiger partial charge in [0.05, 0.1) is 0 Å². The van der Waals surface area contributed by atoms with Crippen LogP contribution < -0.4 is 5.73 Å². The van der Waals surface area contributed by atoms with Gasteiger partial charge < -0.3 is 5.73 Å². The third-order valence-electron chi connectivity index (χ3n) is 4.17. The van der Waals surface area contributed by atoms with Crippen LogP contribution in [-0.2, 0) is 0 Å². The van der Waals surface area contributed by atoms with Crippen molar-refractivity contribution < 1.29 is 0 Å². The third kappa shape index (κ3) is 3.46. The van der Waals surface area contributed by atoms with Crippen molar-refractivity contribution in [3.63, 3.8) is 0 Å². The highest BCUT2D eigenvalue weighted by Crippen LogP contribution is 2.24. The molecule has 2 nitrogen and oxygen atoms in total. The second-order valence-electron chi connectivity index (χ2n) is 5.53. The normalized spacial score (nSPS) is 29.4. The van der Waals surface area contributed by atoms with Crippen molar-refractivity contribution in [2.75, 3.05) is 13.1 Å². The Balaban J connectivity index is 2.54. The van der Waals surface area contributed by atoms with Gasteiger partial charge in [-0.2, -0.15) is 0 Å². The monoisotopic (exact) mass is 212 g/mol. The SMILES string of the molecule is CCC(N)(CC)CN1CC(C)CCC1C. The second-order valence-corrected chi connectivity index (χ2v) is 5.53. The Morgan fingerprint density at radius 3 is 2.33 bits per heavy atom. The van der Waals surface area contributed by atoms with Gasteiger partial charge >= 0.3 is 0 Å². The lowest BCUT2D eigenvalue weighted by molar-refractivity contribution is 0.0927. The Labute approximate surface area is 95.2 Å². The van der Waals surface area contributed by atoms with Crippen LogP contribution in [0.2, 0.25) is 0 Å². The molecule has 0 aromatic rings. The van der Waals surface area contributed by atoms with Gasteiger partial charge in [-0.05, 0) is 38.5 Å². The molecule has 0 aromatic heterocycles. The Kier molecular flexibility index (Phi) is 4.60. The maximum Gasteiger partial charge on any atom is 0.0278 e. The maximum atomic E-state index is 6.39. The summed E-state index contributed by atoms with van der Waals surface area (Å²) in [5, 5.41) is 0. The van der Waals surface area contributed by atoms with Crippen molar-refractivity contribution in [3.8, 4) is 0 Å². The van der Waals surface area contributed by atoms with Crippen LogP contribution in [0.1, 0.15) is 53.4 Å². The van der Waals surface area contributed by atoms with Crippen LogP contribution >= 0.6 is 0 Å². The number of nitrogens with zero attached hydrogens (tertiary/aromatic N) is 1. The maximum absolute atomic E-state index is 6.39. The number of hydrogen-bond acceptors (Lipinski definition) is 2. The van der Waals surface area contributed by atoms with Crippen LogP contribution in [0.15, 0.2) is 0 Å². The molecule has 0 bridgehead atoms. The summed E-state index contributed by atoms with van der Waals surface area (Å²) in [6.07, 6.45) is 4.89. The first-order valence-electron chi connectivity index (χ1n) is 6.53. The van der Waals surface area contributed by atoms with Gasteiger partial charge in [0.15, 0.2) is 0 Å². The number of likely N-dealkylation sites (tertiary alicyclic amines) is 1. The lowest BCUT2D eigenvalue weighted by atomic mass is 9.89. The second kappa shape index (κ2) is 5.31. The molecule has 2 N–H and O–H groups in total. The van der Waals surface area contributed by atoms with E-state index in [4.69, 9.17) is 5.73 Å². The summed E-state index contributed by atoms with van der Waals surface area (Å²) >= 11 is 0. The molecular weight excluding hydrogens is 184 g/mol.